The second-order valence-corrected chi connectivity index (χ2v) is 6.74. The van der Waals surface area contributed by atoms with Gasteiger partial charge in [-0.05, 0) is 31.7 Å². The van der Waals surface area contributed by atoms with Gasteiger partial charge in [0.05, 0.1) is 19.3 Å². The number of rotatable bonds is 4. The van der Waals surface area contributed by atoms with Crippen LogP contribution in [-0.4, -0.2) is 59.9 Å². The maximum Gasteiger partial charge on any atom is 0.150 e. The fraction of sp³-hybridized carbons (Fsp3) is 0.765. The van der Waals surface area contributed by atoms with Crippen LogP contribution in [0.3, 0.4) is 0 Å². The quantitative estimate of drug-likeness (QED) is 0.916. The Morgan fingerprint density at radius 1 is 1.09 bits per heavy atom. The summed E-state index contributed by atoms with van der Waals surface area (Å²) >= 11 is 0. The summed E-state index contributed by atoms with van der Waals surface area (Å²) in [5.41, 5.74) is 0. The third-order valence-electron chi connectivity index (χ3n) is 5.26. The number of aromatic nitrogens is 2. The van der Waals surface area contributed by atoms with Crippen LogP contribution in [0.5, 0.6) is 0 Å². The van der Waals surface area contributed by atoms with Gasteiger partial charge < -0.3 is 14.8 Å². The largest absolute Gasteiger partial charge is 0.381 e. The number of hydrogen-bond acceptors (Lipinski definition) is 6. The van der Waals surface area contributed by atoms with Crippen molar-refractivity contribution in [1.82, 2.24) is 14.9 Å². The van der Waals surface area contributed by atoms with Gasteiger partial charge >= 0.3 is 0 Å². The van der Waals surface area contributed by atoms with Crippen molar-refractivity contribution in [3.63, 3.8) is 0 Å². The van der Waals surface area contributed by atoms with Crippen molar-refractivity contribution in [3.8, 4) is 0 Å². The molecular weight excluding hydrogens is 292 g/mol. The highest BCUT2D eigenvalue weighted by molar-refractivity contribution is 5.34. The first kappa shape index (κ1) is 15.3. The number of hydrogen-bond donors (Lipinski definition) is 1. The molecule has 6 heteroatoms. The minimum absolute atomic E-state index is 0.200. The molecule has 3 heterocycles. The van der Waals surface area contributed by atoms with Gasteiger partial charge in [-0.25, -0.2) is 9.97 Å². The molecule has 1 saturated carbocycles. The van der Waals surface area contributed by atoms with Gasteiger partial charge in [0.15, 0.2) is 0 Å². The molecule has 0 spiro atoms. The zero-order valence-electron chi connectivity index (χ0n) is 13.6. The molecule has 1 aromatic heterocycles. The predicted octanol–water partition coefficient (Wildman–Crippen LogP) is 1.99. The summed E-state index contributed by atoms with van der Waals surface area (Å²) in [6.07, 6.45) is 7.91. The molecule has 0 aromatic carbocycles. The fourth-order valence-electron chi connectivity index (χ4n) is 3.66. The maximum absolute atomic E-state index is 5.72. The summed E-state index contributed by atoms with van der Waals surface area (Å²) in [6, 6.07) is 3.32. The van der Waals surface area contributed by atoms with Crippen LogP contribution in [0.1, 0.15) is 44.0 Å². The van der Waals surface area contributed by atoms with E-state index in [1.807, 2.05) is 12.3 Å². The predicted molar refractivity (Wildman–Crippen MR) is 87.4 cm³/mol. The first-order valence-corrected chi connectivity index (χ1v) is 8.91. The Morgan fingerprint density at radius 3 is 2.74 bits per heavy atom. The molecule has 4 rings (SSSR count). The summed E-state index contributed by atoms with van der Waals surface area (Å²) in [5.74, 6) is 1.83. The molecule has 1 aromatic rings. The molecule has 3 fully saturated rings. The van der Waals surface area contributed by atoms with E-state index < -0.39 is 0 Å². The second-order valence-electron chi connectivity index (χ2n) is 6.74. The van der Waals surface area contributed by atoms with Crippen LogP contribution in [0.15, 0.2) is 12.3 Å². The molecule has 1 atom stereocenters. The Hall–Kier alpha value is -1.24. The summed E-state index contributed by atoms with van der Waals surface area (Å²) in [6.45, 7) is 4.20. The van der Waals surface area contributed by atoms with Gasteiger partial charge in [0.1, 0.15) is 11.6 Å². The van der Waals surface area contributed by atoms with E-state index in [9.17, 15) is 0 Å². The van der Waals surface area contributed by atoms with Crippen LogP contribution >= 0.6 is 0 Å². The minimum atomic E-state index is 0.200. The Bertz CT molecular complexity index is 517. The molecule has 0 amide bonds. The van der Waals surface area contributed by atoms with Crippen LogP contribution in [-0.2, 0) is 9.47 Å². The van der Waals surface area contributed by atoms with E-state index in [0.29, 0.717) is 18.7 Å². The SMILES string of the molecule is c1cc(NC2CCOCC2)nc([C@H]2COCCN2C2CCC2)n1. The molecular formula is C17H26N4O2. The summed E-state index contributed by atoms with van der Waals surface area (Å²) < 4.78 is 11.1. The number of nitrogens with one attached hydrogen (secondary N) is 1. The van der Waals surface area contributed by atoms with Crippen LogP contribution in [0.4, 0.5) is 5.82 Å². The normalized spacial score (nSPS) is 27.6. The summed E-state index contributed by atoms with van der Waals surface area (Å²) in [4.78, 5) is 11.9. The molecule has 2 aliphatic heterocycles. The first-order chi connectivity index (χ1) is 11.4. The summed E-state index contributed by atoms with van der Waals surface area (Å²) in [7, 11) is 0. The number of morpholine rings is 1. The van der Waals surface area contributed by atoms with Gasteiger partial charge in [-0.2, -0.15) is 0 Å². The van der Waals surface area contributed by atoms with Crippen LogP contribution < -0.4 is 5.32 Å². The number of ether oxygens (including phenoxy) is 2. The number of nitrogens with zero attached hydrogens (tertiary/aromatic N) is 3. The van der Waals surface area contributed by atoms with Crippen molar-refractivity contribution >= 4 is 5.82 Å². The van der Waals surface area contributed by atoms with Crippen LogP contribution in [0.25, 0.3) is 0 Å². The molecule has 2 saturated heterocycles. The van der Waals surface area contributed by atoms with Crippen LogP contribution in [0, 0.1) is 0 Å². The van der Waals surface area contributed by atoms with Gasteiger partial charge in [0.25, 0.3) is 0 Å². The van der Waals surface area contributed by atoms with E-state index in [1.165, 1.54) is 19.3 Å². The lowest BCUT2D eigenvalue weighted by Gasteiger charge is -2.44. The zero-order valence-corrected chi connectivity index (χ0v) is 13.6. The van der Waals surface area contributed by atoms with Crippen LogP contribution in [0.2, 0.25) is 0 Å². The smallest absolute Gasteiger partial charge is 0.150 e. The van der Waals surface area contributed by atoms with Crippen molar-refractivity contribution in [2.24, 2.45) is 0 Å². The van der Waals surface area contributed by atoms with Gasteiger partial charge in [0, 0.05) is 38.0 Å². The monoisotopic (exact) mass is 318 g/mol. The number of anilines is 1. The molecule has 23 heavy (non-hydrogen) atoms. The molecule has 1 N–H and O–H groups in total. The molecule has 0 bridgehead atoms. The minimum Gasteiger partial charge on any atom is -0.381 e. The molecule has 0 radical (unpaired) electrons. The molecule has 1 aliphatic carbocycles. The van der Waals surface area contributed by atoms with E-state index in [4.69, 9.17) is 14.5 Å². The maximum atomic E-state index is 5.72. The zero-order chi connectivity index (χ0) is 15.5. The lowest BCUT2D eigenvalue weighted by molar-refractivity contribution is -0.0496. The Labute approximate surface area is 137 Å². The van der Waals surface area contributed by atoms with E-state index in [2.05, 4.69) is 15.2 Å². The van der Waals surface area contributed by atoms with Gasteiger partial charge in [-0.1, -0.05) is 6.42 Å². The highest BCUT2D eigenvalue weighted by Gasteiger charge is 2.35. The molecule has 0 unspecified atom stereocenters. The van der Waals surface area contributed by atoms with E-state index >= 15 is 0 Å². The second kappa shape index (κ2) is 7.11. The third kappa shape index (κ3) is 3.49. The molecule has 6 nitrogen and oxygen atoms in total. The van der Waals surface area contributed by atoms with Crippen molar-refractivity contribution < 1.29 is 9.47 Å². The van der Waals surface area contributed by atoms with E-state index in [1.54, 1.807) is 0 Å². The fourth-order valence-corrected chi connectivity index (χ4v) is 3.66. The highest BCUT2D eigenvalue weighted by atomic mass is 16.5. The van der Waals surface area contributed by atoms with Gasteiger partial charge in [0.2, 0.25) is 0 Å². The topological polar surface area (TPSA) is 59.5 Å². The van der Waals surface area contributed by atoms with Gasteiger partial charge in [-0.3, -0.25) is 4.90 Å². The highest BCUT2D eigenvalue weighted by Crippen LogP contribution is 2.33. The lowest BCUT2D eigenvalue weighted by Crippen LogP contribution is -2.49. The van der Waals surface area contributed by atoms with E-state index in [0.717, 1.165) is 50.8 Å². The standard InChI is InChI=1S/C17H26N4O2/c1-2-14(3-1)21-8-11-23-12-15(21)17-18-7-4-16(20-17)19-13-5-9-22-10-6-13/h4,7,13-15H,1-3,5-6,8-12H2,(H,18,19,20)/t15-/m1/s1. The van der Waals surface area contributed by atoms with E-state index in [-0.39, 0.29) is 6.04 Å². The molecule has 126 valence electrons. The Kier molecular flexibility index (Phi) is 4.73. The average Bonchev–Trinajstić information content (AvgIpc) is 2.55. The van der Waals surface area contributed by atoms with Gasteiger partial charge in [-0.15, -0.1) is 0 Å². The third-order valence-corrected chi connectivity index (χ3v) is 5.26. The van der Waals surface area contributed by atoms with Crippen molar-refractivity contribution in [1.29, 1.82) is 0 Å². The Morgan fingerprint density at radius 2 is 1.96 bits per heavy atom. The van der Waals surface area contributed by atoms with Crippen molar-refractivity contribution in [2.75, 3.05) is 38.3 Å². The first-order valence-electron chi connectivity index (χ1n) is 8.91. The van der Waals surface area contributed by atoms with Crippen molar-refractivity contribution in [2.45, 2.75) is 50.2 Å². The van der Waals surface area contributed by atoms with Crippen molar-refractivity contribution in [3.05, 3.63) is 18.1 Å². The lowest BCUT2D eigenvalue weighted by atomic mass is 9.90. The summed E-state index contributed by atoms with van der Waals surface area (Å²) in [5, 5.41) is 3.54. The Balaban J connectivity index is 1.47. The average molecular weight is 318 g/mol. The molecule has 3 aliphatic rings.